The number of nitrogens with one attached hydrogen (secondary N) is 2. The van der Waals surface area contributed by atoms with Crippen molar-refractivity contribution < 1.29 is 19.5 Å². The number of hydrogen-bond donors (Lipinski definition) is 3. The number of carbonyl (C=O) groups is 3. The lowest BCUT2D eigenvalue weighted by molar-refractivity contribution is -0.142. The van der Waals surface area contributed by atoms with Gasteiger partial charge in [-0.3, -0.25) is 9.59 Å². The second-order valence-electron chi connectivity index (χ2n) is 10.8. The standard InChI is InChI=1S/C31H60N2O4/c1-3-5-7-9-11-13-15-17-19-21-26-30(35)33-28(31(36)37)24-22-23-27-32-29(34)25-20-18-16-14-12-10-8-6-4-2/h28H,3-27H2,1-2H3,(H,32,34)(H,33,35)(H,36,37)/t28-/m0/s1. The molecule has 0 aromatic carbocycles. The molecule has 0 heterocycles. The van der Waals surface area contributed by atoms with Crippen LogP contribution in [0.5, 0.6) is 0 Å². The molecule has 0 aromatic heterocycles. The van der Waals surface area contributed by atoms with Gasteiger partial charge in [-0.1, -0.05) is 123 Å². The van der Waals surface area contributed by atoms with E-state index in [-0.39, 0.29) is 11.8 Å². The van der Waals surface area contributed by atoms with Crippen LogP contribution < -0.4 is 10.6 Å². The van der Waals surface area contributed by atoms with Gasteiger partial charge in [-0.2, -0.15) is 0 Å². The largest absolute Gasteiger partial charge is 0.480 e. The Morgan fingerprint density at radius 1 is 0.541 bits per heavy atom. The van der Waals surface area contributed by atoms with Gasteiger partial charge >= 0.3 is 5.97 Å². The smallest absolute Gasteiger partial charge is 0.326 e. The van der Waals surface area contributed by atoms with E-state index >= 15 is 0 Å². The molecule has 0 aliphatic rings. The van der Waals surface area contributed by atoms with Gasteiger partial charge in [0.25, 0.3) is 0 Å². The van der Waals surface area contributed by atoms with Crippen molar-refractivity contribution in [3.8, 4) is 0 Å². The number of amides is 2. The summed E-state index contributed by atoms with van der Waals surface area (Å²) in [7, 11) is 0. The predicted molar refractivity (Wildman–Crippen MR) is 155 cm³/mol. The molecule has 0 saturated carbocycles. The summed E-state index contributed by atoms with van der Waals surface area (Å²) >= 11 is 0. The van der Waals surface area contributed by atoms with Gasteiger partial charge in [0.05, 0.1) is 0 Å². The average Bonchev–Trinajstić information content (AvgIpc) is 2.87. The van der Waals surface area contributed by atoms with E-state index in [1.165, 1.54) is 89.9 Å². The molecule has 3 N–H and O–H groups in total. The van der Waals surface area contributed by atoms with Crippen LogP contribution in [0.15, 0.2) is 0 Å². The minimum Gasteiger partial charge on any atom is -0.480 e. The summed E-state index contributed by atoms with van der Waals surface area (Å²) in [5.74, 6) is -1.06. The molecule has 0 aliphatic carbocycles. The third-order valence-electron chi connectivity index (χ3n) is 7.14. The highest BCUT2D eigenvalue weighted by molar-refractivity contribution is 5.83. The first-order valence-corrected chi connectivity index (χ1v) is 15.8. The van der Waals surface area contributed by atoms with Gasteiger partial charge in [0.1, 0.15) is 6.04 Å². The van der Waals surface area contributed by atoms with Crippen molar-refractivity contribution in [1.29, 1.82) is 0 Å². The maximum Gasteiger partial charge on any atom is 0.326 e. The molecule has 1 atom stereocenters. The molecule has 0 bridgehead atoms. The number of aliphatic carboxylic acids is 1. The summed E-state index contributed by atoms with van der Waals surface area (Å²) in [4.78, 5) is 35.7. The highest BCUT2D eigenvalue weighted by Gasteiger charge is 2.19. The highest BCUT2D eigenvalue weighted by Crippen LogP contribution is 2.12. The van der Waals surface area contributed by atoms with Gasteiger partial charge in [-0.05, 0) is 32.1 Å². The van der Waals surface area contributed by atoms with Crippen LogP contribution in [0.4, 0.5) is 0 Å². The number of carboxylic acids is 1. The van der Waals surface area contributed by atoms with Crippen LogP contribution in [0.3, 0.4) is 0 Å². The first kappa shape index (κ1) is 35.4. The van der Waals surface area contributed by atoms with Crippen LogP contribution in [0.1, 0.15) is 168 Å². The second-order valence-corrected chi connectivity index (χ2v) is 10.8. The Kier molecular flexibility index (Phi) is 26.3. The van der Waals surface area contributed by atoms with Crippen LogP contribution >= 0.6 is 0 Å². The monoisotopic (exact) mass is 524 g/mol. The third kappa shape index (κ3) is 25.8. The van der Waals surface area contributed by atoms with Crippen molar-refractivity contribution in [2.24, 2.45) is 0 Å². The molecule has 2 amide bonds. The fourth-order valence-corrected chi connectivity index (χ4v) is 4.68. The fraction of sp³-hybridized carbons (Fsp3) is 0.903. The molecule has 0 radical (unpaired) electrons. The van der Waals surface area contributed by atoms with E-state index in [0.717, 1.165) is 38.5 Å². The van der Waals surface area contributed by atoms with Crippen LogP contribution in [0.2, 0.25) is 0 Å². The Bertz CT molecular complexity index is 553. The van der Waals surface area contributed by atoms with E-state index in [1.807, 2.05) is 0 Å². The van der Waals surface area contributed by atoms with Crippen molar-refractivity contribution in [2.75, 3.05) is 6.54 Å². The minimum atomic E-state index is -0.981. The quantitative estimate of drug-likeness (QED) is 0.0901. The van der Waals surface area contributed by atoms with Crippen molar-refractivity contribution in [3.63, 3.8) is 0 Å². The number of rotatable bonds is 28. The molecule has 6 nitrogen and oxygen atoms in total. The van der Waals surface area contributed by atoms with Crippen molar-refractivity contribution in [3.05, 3.63) is 0 Å². The SMILES string of the molecule is CCCCCCCCCCCCC(=O)N[C@@H](CCCCNC(=O)CCCCCCCCCCC)C(=O)O. The van der Waals surface area contributed by atoms with Crippen LogP contribution in [-0.2, 0) is 14.4 Å². The number of carbonyl (C=O) groups excluding carboxylic acids is 2. The highest BCUT2D eigenvalue weighted by atomic mass is 16.4. The van der Waals surface area contributed by atoms with Crippen LogP contribution in [0.25, 0.3) is 0 Å². The number of unbranched alkanes of at least 4 members (excludes halogenated alkanes) is 18. The molecule has 37 heavy (non-hydrogen) atoms. The summed E-state index contributed by atoms with van der Waals surface area (Å²) in [6.07, 6.45) is 26.0. The van der Waals surface area contributed by atoms with Gasteiger partial charge in [0.15, 0.2) is 0 Å². The first-order valence-electron chi connectivity index (χ1n) is 15.8. The number of carboxylic acid groups (broad SMARTS) is 1. The molecule has 0 rings (SSSR count). The zero-order chi connectivity index (χ0) is 27.4. The van der Waals surface area contributed by atoms with E-state index in [0.29, 0.717) is 32.2 Å². The fourth-order valence-electron chi connectivity index (χ4n) is 4.68. The number of hydrogen-bond acceptors (Lipinski definition) is 3. The van der Waals surface area contributed by atoms with Crippen molar-refractivity contribution >= 4 is 17.8 Å². The minimum absolute atomic E-state index is 0.0857. The Morgan fingerprint density at radius 3 is 1.38 bits per heavy atom. The maximum absolute atomic E-state index is 12.2. The first-order chi connectivity index (χ1) is 18.0. The Balaban J connectivity index is 3.68. The third-order valence-corrected chi connectivity index (χ3v) is 7.14. The summed E-state index contributed by atoms with van der Waals surface area (Å²) < 4.78 is 0. The summed E-state index contributed by atoms with van der Waals surface area (Å²) in [5, 5.41) is 15.1. The Hall–Kier alpha value is -1.59. The van der Waals surface area contributed by atoms with E-state index in [2.05, 4.69) is 24.5 Å². The molecule has 0 fully saturated rings. The second kappa shape index (κ2) is 27.4. The Labute approximate surface area is 228 Å². The summed E-state index contributed by atoms with van der Waals surface area (Å²) in [5.41, 5.74) is 0. The molecule has 0 unspecified atom stereocenters. The maximum atomic E-state index is 12.2. The molecule has 0 aliphatic heterocycles. The van der Waals surface area contributed by atoms with Crippen molar-refractivity contribution in [2.45, 2.75) is 174 Å². The van der Waals surface area contributed by atoms with E-state index in [9.17, 15) is 19.5 Å². The van der Waals surface area contributed by atoms with Crippen LogP contribution in [0, 0.1) is 0 Å². The van der Waals surface area contributed by atoms with Gasteiger partial charge in [0.2, 0.25) is 11.8 Å². The molecule has 218 valence electrons. The zero-order valence-corrected chi connectivity index (χ0v) is 24.4. The average molecular weight is 525 g/mol. The Morgan fingerprint density at radius 2 is 0.946 bits per heavy atom. The van der Waals surface area contributed by atoms with Gasteiger partial charge < -0.3 is 15.7 Å². The molecular formula is C31H60N2O4. The summed E-state index contributed by atoms with van der Waals surface area (Å²) in [6, 6.07) is -0.840. The van der Waals surface area contributed by atoms with Gasteiger partial charge in [-0.15, -0.1) is 0 Å². The van der Waals surface area contributed by atoms with E-state index in [4.69, 9.17) is 0 Å². The van der Waals surface area contributed by atoms with Gasteiger partial charge in [0, 0.05) is 19.4 Å². The topological polar surface area (TPSA) is 95.5 Å². The normalized spacial score (nSPS) is 11.8. The van der Waals surface area contributed by atoms with E-state index < -0.39 is 12.0 Å². The lowest BCUT2D eigenvalue weighted by Crippen LogP contribution is -2.40. The molecule has 0 saturated heterocycles. The van der Waals surface area contributed by atoms with Crippen molar-refractivity contribution in [1.82, 2.24) is 10.6 Å². The zero-order valence-electron chi connectivity index (χ0n) is 24.4. The molecule has 0 aromatic rings. The van der Waals surface area contributed by atoms with E-state index in [1.54, 1.807) is 0 Å². The molecule has 0 spiro atoms. The van der Waals surface area contributed by atoms with Gasteiger partial charge in [-0.25, -0.2) is 4.79 Å². The van der Waals surface area contributed by atoms with Crippen LogP contribution in [-0.4, -0.2) is 35.5 Å². The lowest BCUT2D eigenvalue weighted by Gasteiger charge is -2.14. The summed E-state index contributed by atoms with van der Waals surface area (Å²) in [6.45, 7) is 5.03. The molecular weight excluding hydrogens is 464 g/mol. The predicted octanol–water partition coefficient (Wildman–Crippen LogP) is 8.07. The lowest BCUT2D eigenvalue weighted by atomic mass is 10.1. The molecule has 6 heteroatoms.